The van der Waals surface area contributed by atoms with E-state index in [2.05, 4.69) is 27.7 Å². The Hall–Kier alpha value is -0.370. The number of aliphatic hydroxyl groups is 1. The molecule has 1 spiro atoms. The summed E-state index contributed by atoms with van der Waals surface area (Å²) in [7, 11) is 0. The van der Waals surface area contributed by atoms with E-state index in [1.165, 1.54) is 25.7 Å². The van der Waals surface area contributed by atoms with Gasteiger partial charge in [0.15, 0.2) is 0 Å². The molecule has 5 aliphatic carbocycles. The van der Waals surface area contributed by atoms with Crippen LogP contribution >= 0.6 is 0 Å². The quantitative estimate of drug-likeness (QED) is 0.728. The summed E-state index contributed by atoms with van der Waals surface area (Å²) in [5, 5.41) is 11.0. The average Bonchev–Trinajstić information content (AvgIpc) is 2.43. The van der Waals surface area contributed by atoms with Gasteiger partial charge in [0.1, 0.15) is 5.78 Å². The van der Waals surface area contributed by atoms with Crippen LogP contribution in [0.3, 0.4) is 0 Å². The molecule has 0 aromatic carbocycles. The Bertz CT molecular complexity index is 510. The van der Waals surface area contributed by atoms with Crippen molar-refractivity contribution >= 4 is 5.78 Å². The molecule has 2 heteroatoms. The maximum Gasteiger partial charge on any atom is 0.142 e. The predicted molar refractivity (Wildman–Crippen MR) is 87.3 cm³/mol. The van der Waals surface area contributed by atoms with Crippen LogP contribution in [0.5, 0.6) is 0 Å². The van der Waals surface area contributed by atoms with Crippen molar-refractivity contribution in [3.05, 3.63) is 0 Å². The van der Waals surface area contributed by atoms with Gasteiger partial charge in [0.2, 0.25) is 0 Å². The lowest BCUT2D eigenvalue weighted by molar-refractivity contribution is -0.228. The van der Waals surface area contributed by atoms with Crippen LogP contribution in [0.1, 0.15) is 72.6 Å². The normalized spacial score (nSPS) is 56.4. The van der Waals surface area contributed by atoms with Crippen LogP contribution in [0.2, 0.25) is 0 Å². The second-order valence-corrected chi connectivity index (χ2v) is 9.96. The van der Waals surface area contributed by atoms with E-state index in [4.69, 9.17) is 0 Å². The van der Waals surface area contributed by atoms with Crippen LogP contribution in [0, 0.1) is 39.9 Å². The summed E-state index contributed by atoms with van der Waals surface area (Å²) in [6.45, 7) is 9.53. The smallest absolute Gasteiger partial charge is 0.142 e. The molecule has 0 aliphatic heterocycles. The number of aliphatic hydroxyl groups excluding tert-OH is 1. The molecule has 5 fully saturated rings. The number of carbonyl (C=O) groups is 1. The van der Waals surface area contributed by atoms with Gasteiger partial charge in [0.25, 0.3) is 0 Å². The van der Waals surface area contributed by atoms with E-state index in [9.17, 15) is 9.90 Å². The topological polar surface area (TPSA) is 37.3 Å². The van der Waals surface area contributed by atoms with Crippen LogP contribution in [-0.2, 0) is 4.79 Å². The average molecular weight is 304 g/mol. The van der Waals surface area contributed by atoms with Crippen molar-refractivity contribution in [1.29, 1.82) is 0 Å². The van der Waals surface area contributed by atoms with Gasteiger partial charge in [-0.1, -0.05) is 34.1 Å². The Kier molecular flexibility index (Phi) is 3.02. The number of hydrogen-bond acceptors (Lipinski definition) is 2. The van der Waals surface area contributed by atoms with Gasteiger partial charge >= 0.3 is 0 Å². The first kappa shape index (κ1) is 15.2. The molecule has 5 aliphatic rings. The molecule has 5 saturated carbocycles. The van der Waals surface area contributed by atoms with E-state index in [1.54, 1.807) is 0 Å². The highest BCUT2D eigenvalue weighted by atomic mass is 16.3. The van der Waals surface area contributed by atoms with Gasteiger partial charge in [0, 0.05) is 6.42 Å². The minimum absolute atomic E-state index is 0.259. The van der Waals surface area contributed by atoms with Crippen molar-refractivity contribution in [2.24, 2.45) is 39.9 Å². The van der Waals surface area contributed by atoms with Crippen LogP contribution in [0.15, 0.2) is 0 Å². The minimum Gasteiger partial charge on any atom is -0.392 e. The summed E-state index contributed by atoms with van der Waals surface area (Å²) in [5.74, 6) is 2.29. The maximum atomic E-state index is 13.0. The number of fused-ring (bicyclic) bond motifs is 3. The summed E-state index contributed by atoms with van der Waals surface area (Å²) < 4.78 is 0. The van der Waals surface area contributed by atoms with Crippen molar-refractivity contribution in [3.8, 4) is 0 Å². The molecular weight excluding hydrogens is 272 g/mol. The molecule has 0 radical (unpaired) electrons. The third kappa shape index (κ3) is 1.58. The van der Waals surface area contributed by atoms with Gasteiger partial charge in [-0.15, -0.1) is 0 Å². The lowest BCUT2D eigenvalue weighted by Gasteiger charge is -2.69. The Labute approximate surface area is 135 Å². The summed E-state index contributed by atoms with van der Waals surface area (Å²) in [6.07, 6.45) is 7.49. The molecule has 0 unspecified atom stereocenters. The highest BCUT2D eigenvalue weighted by molar-refractivity contribution is 5.88. The molecule has 0 aromatic heterocycles. The van der Waals surface area contributed by atoms with E-state index < -0.39 is 5.41 Å². The van der Waals surface area contributed by atoms with E-state index in [0.717, 1.165) is 25.2 Å². The standard InChI is InChI=1S/C20H32O2/c1-12-13-10-15-19(4)8-5-7-18(2,3)14(19)6-9-20(15,17(12)22)16(21)11-13/h12-15,17,22H,5-11H2,1-4H3/t12-,13-,14-,15+,17-,19-,20+/m0/s1. The number of Topliss-reactive ketones (excluding diaryl/α,β-unsaturated/α-hetero) is 1. The van der Waals surface area contributed by atoms with Gasteiger partial charge in [-0.05, 0) is 66.6 Å². The van der Waals surface area contributed by atoms with Gasteiger partial charge in [-0.3, -0.25) is 4.79 Å². The molecule has 7 atom stereocenters. The fourth-order valence-electron chi connectivity index (χ4n) is 7.72. The van der Waals surface area contributed by atoms with E-state index in [0.29, 0.717) is 29.0 Å². The van der Waals surface area contributed by atoms with Crippen molar-refractivity contribution in [2.45, 2.75) is 78.7 Å². The van der Waals surface area contributed by atoms with E-state index >= 15 is 0 Å². The zero-order valence-electron chi connectivity index (χ0n) is 14.7. The summed E-state index contributed by atoms with van der Waals surface area (Å²) >= 11 is 0. The molecule has 0 amide bonds. The Balaban J connectivity index is 1.81. The molecule has 1 N–H and O–H groups in total. The van der Waals surface area contributed by atoms with Gasteiger partial charge in [-0.25, -0.2) is 0 Å². The molecule has 0 saturated heterocycles. The van der Waals surface area contributed by atoms with Gasteiger partial charge in [-0.2, -0.15) is 0 Å². The third-order valence-electron chi connectivity index (χ3n) is 8.82. The second-order valence-electron chi connectivity index (χ2n) is 9.96. The fourth-order valence-corrected chi connectivity index (χ4v) is 7.72. The molecular formula is C20H32O2. The molecule has 2 nitrogen and oxygen atoms in total. The minimum atomic E-state index is -0.396. The summed E-state index contributed by atoms with van der Waals surface area (Å²) in [5.41, 5.74) is 0.257. The zero-order chi connectivity index (χ0) is 15.9. The van der Waals surface area contributed by atoms with Crippen LogP contribution in [-0.4, -0.2) is 17.0 Å². The number of carbonyl (C=O) groups excluding carboxylic acids is 1. The molecule has 2 bridgehead atoms. The summed E-state index contributed by atoms with van der Waals surface area (Å²) in [6, 6.07) is 0. The second kappa shape index (κ2) is 4.37. The van der Waals surface area contributed by atoms with Crippen molar-refractivity contribution in [3.63, 3.8) is 0 Å². The van der Waals surface area contributed by atoms with E-state index in [1.807, 2.05) is 0 Å². The summed E-state index contributed by atoms with van der Waals surface area (Å²) in [4.78, 5) is 13.0. The highest BCUT2D eigenvalue weighted by Gasteiger charge is 2.69. The van der Waals surface area contributed by atoms with Crippen molar-refractivity contribution in [2.75, 3.05) is 0 Å². The Morgan fingerprint density at radius 2 is 1.82 bits per heavy atom. The Morgan fingerprint density at radius 3 is 2.55 bits per heavy atom. The Morgan fingerprint density at radius 1 is 1.09 bits per heavy atom. The molecule has 0 heterocycles. The largest absolute Gasteiger partial charge is 0.392 e. The maximum absolute atomic E-state index is 13.0. The third-order valence-corrected chi connectivity index (χ3v) is 8.82. The highest BCUT2D eigenvalue weighted by Crippen LogP contribution is 2.71. The lowest BCUT2D eigenvalue weighted by atomic mass is 9.35. The van der Waals surface area contributed by atoms with Gasteiger partial charge in [0.05, 0.1) is 11.5 Å². The van der Waals surface area contributed by atoms with Crippen LogP contribution in [0.4, 0.5) is 0 Å². The first-order valence-electron chi connectivity index (χ1n) is 9.45. The van der Waals surface area contributed by atoms with Crippen molar-refractivity contribution < 1.29 is 9.90 Å². The number of rotatable bonds is 0. The number of hydrogen-bond donors (Lipinski definition) is 1. The monoisotopic (exact) mass is 304 g/mol. The lowest BCUT2D eigenvalue weighted by Crippen LogP contribution is -2.69. The van der Waals surface area contributed by atoms with Crippen LogP contribution in [0.25, 0.3) is 0 Å². The van der Waals surface area contributed by atoms with E-state index in [-0.39, 0.29) is 11.5 Å². The first-order chi connectivity index (χ1) is 10.2. The predicted octanol–water partition coefficient (Wildman–Crippen LogP) is 4.21. The van der Waals surface area contributed by atoms with Crippen molar-refractivity contribution in [1.82, 2.24) is 0 Å². The molecule has 124 valence electrons. The SMILES string of the molecule is C[C@H]1[C@@H]2CC(=O)[C@]3(CC[C@H]4C(C)(C)CCC[C@]4(C)[C@H]3C2)[C@H]1O. The van der Waals surface area contributed by atoms with Crippen LogP contribution < -0.4 is 0 Å². The molecule has 0 aromatic rings. The number of ketones is 1. The molecule has 22 heavy (non-hydrogen) atoms. The van der Waals surface area contributed by atoms with Gasteiger partial charge < -0.3 is 5.11 Å². The molecule has 5 rings (SSSR count). The first-order valence-corrected chi connectivity index (χ1v) is 9.45. The fraction of sp³-hybridized carbons (Fsp3) is 0.950. The zero-order valence-corrected chi connectivity index (χ0v) is 14.7.